The monoisotopic (exact) mass is 392 g/mol. The number of hydrogen-bond donors (Lipinski definition) is 2. The van der Waals surface area contributed by atoms with E-state index in [0.717, 1.165) is 29.9 Å². The van der Waals surface area contributed by atoms with Gasteiger partial charge in [0.1, 0.15) is 0 Å². The van der Waals surface area contributed by atoms with E-state index in [2.05, 4.69) is 29.5 Å². The summed E-state index contributed by atoms with van der Waals surface area (Å²) in [6.45, 7) is 6.28. The van der Waals surface area contributed by atoms with Gasteiger partial charge >= 0.3 is 0 Å². The van der Waals surface area contributed by atoms with Crippen LogP contribution in [0.25, 0.3) is 0 Å². The molecule has 2 fully saturated rings. The van der Waals surface area contributed by atoms with Gasteiger partial charge in [-0.15, -0.1) is 0 Å². The lowest BCUT2D eigenvalue weighted by Gasteiger charge is -2.37. The van der Waals surface area contributed by atoms with Gasteiger partial charge in [0.2, 0.25) is 11.8 Å². The molecule has 152 valence electrons. The van der Waals surface area contributed by atoms with Gasteiger partial charge in [-0.2, -0.15) is 0 Å². The van der Waals surface area contributed by atoms with Gasteiger partial charge in [0.15, 0.2) is 0 Å². The summed E-state index contributed by atoms with van der Waals surface area (Å²) in [7, 11) is 0. The zero-order chi connectivity index (χ0) is 20.4. The molecule has 2 saturated heterocycles. The Balaban J connectivity index is 1.59. The standard InChI is InChI=1S/C23H28N4O2/c1-3-16-10-8-9-13-20(16)24-22(28)18-14-26(4-2)15-19-21(18)25-27(23(19)29)17-11-6-5-7-12-17/h5-13,18-19,21,25H,3-4,14-15H2,1-2H3,(H,24,28). The maximum absolute atomic E-state index is 13.3. The largest absolute Gasteiger partial charge is 0.326 e. The second kappa shape index (κ2) is 8.35. The van der Waals surface area contributed by atoms with E-state index < -0.39 is 0 Å². The van der Waals surface area contributed by atoms with Crippen LogP contribution in [0.15, 0.2) is 54.6 Å². The fraction of sp³-hybridized carbons (Fsp3) is 0.391. The van der Waals surface area contributed by atoms with Crippen LogP contribution in [-0.4, -0.2) is 42.4 Å². The number of nitrogens with one attached hydrogen (secondary N) is 2. The number of aryl methyl sites for hydroxylation is 1. The molecule has 0 spiro atoms. The first-order valence-corrected chi connectivity index (χ1v) is 10.4. The molecule has 2 aromatic carbocycles. The van der Waals surface area contributed by atoms with Crippen molar-refractivity contribution in [3.8, 4) is 0 Å². The van der Waals surface area contributed by atoms with Crippen molar-refractivity contribution in [3.63, 3.8) is 0 Å². The Morgan fingerprint density at radius 1 is 1.07 bits per heavy atom. The van der Waals surface area contributed by atoms with Crippen molar-refractivity contribution in [2.45, 2.75) is 26.3 Å². The van der Waals surface area contributed by atoms with E-state index in [0.29, 0.717) is 13.1 Å². The maximum atomic E-state index is 13.3. The predicted octanol–water partition coefficient (Wildman–Crippen LogP) is 2.68. The lowest BCUT2D eigenvalue weighted by atomic mass is 9.84. The summed E-state index contributed by atoms with van der Waals surface area (Å²) in [5, 5.41) is 4.74. The number of piperidine rings is 1. The fourth-order valence-corrected chi connectivity index (χ4v) is 4.39. The molecule has 2 aromatic rings. The summed E-state index contributed by atoms with van der Waals surface area (Å²) in [6.07, 6.45) is 0.854. The highest BCUT2D eigenvalue weighted by atomic mass is 16.2. The number of para-hydroxylation sites is 2. The average molecular weight is 393 g/mol. The molecule has 2 aliphatic rings. The number of amides is 2. The number of hydrogen-bond acceptors (Lipinski definition) is 4. The normalized spacial score (nSPS) is 24.4. The minimum absolute atomic E-state index is 0.0331. The lowest BCUT2D eigenvalue weighted by Crippen LogP contribution is -2.55. The summed E-state index contributed by atoms with van der Waals surface area (Å²) >= 11 is 0. The van der Waals surface area contributed by atoms with Crippen molar-refractivity contribution in [2.75, 3.05) is 30.0 Å². The molecule has 3 unspecified atom stereocenters. The highest BCUT2D eigenvalue weighted by Gasteiger charge is 2.50. The van der Waals surface area contributed by atoms with Gasteiger partial charge in [-0.05, 0) is 36.7 Å². The third-order valence-corrected chi connectivity index (χ3v) is 6.05. The lowest BCUT2D eigenvalue weighted by molar-refractivity contribution is -0.126. The van der Waals surface area contributed by atoms with Crippen molar-refractivity contribution in [1.82, 2.24) is 10.3 Å². The first kappa shape index (κ1) is 19.6. The number of benzene rings is 2. The molecule has 0 aromatic heterocycles. The molecule has 2 aliphatic heterocycles. The number of anilines is 2. The zero-order valence-electron chi connectivity index (χ0n) is 17.0. The van der Waals surface area contributed by atoms with Crippen LogP contribution in [0, 0.1) is 11.8 Å². The topological polar surface area (TPSA) is 64.7 Å². The maximum Gasteiger partial charge on any atom is 0.247 e. The minimum Gasteiger partial charge on any atom is -0.326 e. The second-order valence-electron chi connectivity index (χ2n) is 7.73. The number of carbonyl (C=O) groups is 2. The highest BCUT2D eigenvalue weighted by Crippen LogP contribution is 2.32. The molecule has 6 heteroatoms. The van der Waals surface area contributed by atoms with Gasteiger partial charge in [0.05, 0.1) is 23.6 Å². The molecule has 3 atom stereocenters. The van der Waals surface area contributed by atoms with Crippen LogP contribution in [0.3, 0.4) is 0 Å². The third kappa shape index (κ3) is 3.78. The molecule has 2 N–H and O–H groups in total. The number of hydrazine groups is 1. The Hall–Kier alpha value is -2.70. The molecular formula is C23H28N4O2. The van der Waals surface area contributed by atoms with E-state index in [1.54, 1.807) is 5.01 Å². The molecule has 2 heterocycles. The van der Waals surface area contributed by atoms with Crippen LogP contribution in [0.5, 0.6) is 0 Å². The van der Waals surface area contributed by atoms with Crippen molar-refractivity contribution >= 4 is 23.2 Å². The van der Waals surface area contributed by atoms with Gasteiger partial charge in [-0.1, -0.05) is 50.2 Å². The van der Waals surface area contributed by atoms with Gasteiger partial charge in [0, 0.05) is 18.8 Å². The Labute approximate surface area is 171 Å². The predicted molar refractivity (Wildman–Crippen MR) is 114 cm³/mol. The summed E-state index contributed by atoms with van der Waals surface area (Å²) < 4.78 is 0. The van der Waals surface area contributed by atoms with Crippen LogP contribution >= 0.6 is 0 Å². The Morgan fingerprint density at radius 2 is 1.79 bits per heavy atom. The molecule has 0 saturated carbocycles. The van der Waals surface area contributed by atoms with Gasteiger partial charge in [-0.3, -0.25) is 9.59 Å². The van der Waals surface area contributed by atoms with Crippen LogP contribution in [0.2, 0.25) is 0 Å². The molecule has 29 heavy (non-hydrogen) atoms. The molecule has 6 nitrogen and oxygen atoms in total. The fourth-order valence-electron chi connectivity index (χ4n) is 4.39. The first-order chi connectivity index (χ1) is 14.1. The average Bonchev–Trinajstić information content (AvgIpc) is 3.10. The summed E-state index contributed by atoms with van der Waals surface area (Å²) in [4.78, 5) is 28.6. The number of likely N-dealkylation sites (tertiary alicyclic amines) is 1. The zero-order valence-corrected chi connectivity index (χ0v) is 17.0. The molecule has 4 rings (SSSR count). The second-order valence-corrected chi connectivity index (χ2v) is 7.73. The first-order valence-electron chi connectivity index (χ1n) is 10.4. The molecule has 0 radical (unpaired) electrons. The molecule has 2 amide bonds. The minimum atomic E-state index is -0.309. The molecule has 0 bridgehead atoms. The van der Waals surface area contributed by atoms with E-state index >= 15 is 0 Å². The van der Waals surface area contributed by atoms with Crippen LogP contribution in [0.4, 0.5) is 11.4 Å². The van der Waals surface area contributed by atoms with E-state index in [9.17, 15) is 9.59 Å². The van der Waals surface area contributed by atoms with Crippen LogP contribution < -0.4 is 15.8 Å². The van der Waals surface area contributed by atoms with Gasteiger partial charge in [0.25, 0.3) is 0 Å². The summed E-state index contributed by atoms with van der Waals surface area (Å²) in [6, 6.07) is 17.3. The number of rotatable bonds is 5. The van der Waals surface area contributed by atoms with E-state index in [-0.39, 0.29) is 29.7 Å². The van der Waals surface area contributed by atoms with Gasteiger partial charge in [-0.25, -0.2) is 10.4 Å². The number of fused-ring (bicyclic) bond motifs is 1. The molecule has 0 aliphatic carbocycles. The Kier molecular flexibility index (Phi) is 5.65. The summed E-state index contributed by atoms with van der Waals surface area (Å²) in [5.74, 6) is -0.544. The van der Waals surface area contributed by atoms with E-state index in [4.69, 9.17) is 0 Å². The van der Waals surface area contributed by atoms with Crippen molar-refractivity contribution in [3.05, 3.63) is 60.2 Å². The quantitative estimate of drug-likeness (QED) is 0.821. The third-order valence-electron chi connectivity index (χ3n) is 6.05. The number of carbonyl (C=O) groups excluding carboxylic acids is 2. The van der Waals surface area contributed by atoms with E-state index in [1.807, 2.05) is 54.6 Å². The van der Waals surface area contributed by atoms with Crippen LogP contribution in [0.1, 0.15) is 19.4 Å². The van der Waals surface area contributed by atoms with Crippen LogP contribution in [-0.2, 0) is 16.0 Å². The van der Waals surface area contributed by atoms with E-state index in [1.165, 1.54) is 0 Å². The SMILES string of the molecule is CCc1ccccc1NC(=O)C1CN(CC)CC2C(=O)N(c3ccccc3)NC12. The smallest absolute Gasteiger partial charge is 0.247 e. The highest BCUT2D eigenvalue weighted by molar-refractivity contribution is 6.00. The Morgan fingerprint density at radius 3 is 2.52 bits per heavy atom. The summed E-state index contributed by atoms with van der Waals surface area (Å²) in [5.41, 5.74) is 6.12. The Bertz CT molecular complexity index is 885. The van der Waals surface area contributed by atoms with Crippen molar-refractivity contribution in [1.29, 1.82) is 0 Å². The molecular weight excluding hydrogens is 364 g/mol. The van der Waals surface area contributed by atoms with Gasteiger partial charge < -0.3 is 10.2 Å². The van der Waals surface area contributed by atoms with Crippen molar-refractivity contribution in [2.24, 2.45) is 11.8 Å². The number of nitrogens with zero attached hydrogens (tertiary/aromatic N) is 2. The van der Waals surface area contributed by atoms with Crippen molar-refractivity contribution < 1.29 is 9.59 Å².